The van der Waals surface area contributed by atoms with Crippen molar-refractivity contribution in [3.8, 4) is 11.5 Å². The second-order valence-corrected chi connectivity index (χ2v) is 4.09. The quantitative estimate of drug-likeness (QED) is 0.870. The summed E-state index contributed by atoms with van der Waals surface area (Å²) in [5.41, 5.74) is 1.16. The van der Waals surface area contributed by atoms with E-state index < -0.39 is 5.95 Å². The number of ether oxygens (including phenoxy) is 2. The second kappa shape index (κ2) is 5.75. The first-order chi connectivity index (χ1) is 9.13. The highest BCUT2D eigenvalue weighted by atomic mass is 35.5. The minimum Gasteiger partial charge on any atom is -0.495 e. The number of hydrogen-bond donors (Lipinski definition) is 1. The maximum absolute atomic E-state index is 13.0. The zero-order valence-electron chi connectivity index (χ0n) is 10.4. The summed E-state index contributed by atoms with van der Waals surface area (Å²) < 4.78 is 23.4. The molecule has 0 unspecified atom stereocenters. The van der Waals surface area contributed by atoms with Crippen LogP contribution in [0.2, 0.25) is 5.02 Å². The molecule has 0 fully saturated rings. The van der Waals surface area contributed by atoms with Gasteiger partial charge in [0, 0.05) is 24.0 Å². The average Bonchev–Trinajstić information content (AvgIpc) is 2.39. The van der Waals surface area contributed by atoms with Gasteiger partial charge in [-0.2, -0.15) is 4.39 Å². The van der Waals surface area contributed by atoms with E-state index in [0.717, 1.165) is 0 Å². The number of aromatic nitrogens is 1. The summed E-state index contributed by atoms with van der Waals surface area (Å²) >= 11 is 6.05. The summed E-state index contributed by atoms with van der Waals surface area (Å²) in [6.07, 6.45) is 1.37. The van der Waals surface area contributed by atoms with Gasteiger partial charge >= 0.3 is 0 Å². The molecular weight excluding hydrogens is 271 g/mol. The smallest absolute Gasteiger partial charge is 0.214 e. The van der Waals surface area contributed by atoms with Crippen molar-refractivity contribution in [1.82, 2.24) is 4.98 Å². The van der Waals surface area contributed by atoms with Crippen molar-refractivity contribution in [2.75, 3.05) is 19.5 Å². The number of pyridine rings is 1. The van der Waals surface area contributed by atoms with Crippen molar-refractivity contribution in [2.24, 2.45) is 0 Å². The van der Waals surface area contributed by atoms with Crippen LogP contribution in [0.25, 0.3) is 0 Å². The first-order valence-electron chi connectivity index (χ1n) is 5.44. The molecule has 6 heteroatoms. The molecule has 0 saturated heterocycles. The number of anilines is 2. The van der Waals surface area contributed by atoms with Crippen molar-refractivity contribution < 1.29 is 13.9 Å². The van der Waals surface area contributed by atoms with E-state index in [1.165, 1.54) is 26.5 Å². The van der Waals surface area contributed by atoms with E-state index in [1.54, 1.807) is 18.2 Å². The van der Waals surface area contributed by atoms with E-state index in [-0.39, 0.29) is 0 Å². The molecule has 1 aromatic carbocycles. The first-order valence-corrected chi connectivity index (χ1v) is 5.82. The highest BCUT2D eigenvalue weighted by molar-refractivity contribution is 6.32. The van der Waals surface area contributed by atoms with Gasteiger partial charge in [0.25, 0.3) is 0 Å². The lowest BCUT2D eigenvalue weighted by Gasteiger charge is -2.13. The van der Waals surface area contributed by atoms with Gasteiger partial charge in [-0.25, -0.2) is 4.98 Å². The fourth-order valence-electron chi connectivity index (χ4n) is 1.59. The fraction of sp³-hybridized carbons (Fsp3) is 0.154. The number of benzene rings is 1. The lowest BCUT2D eigenvalue weighted by Crippen LogP contribution is -1.97. The molecule has 0 bridgehead atoms. The van der Waals surface area contributed by atoms with E-state index >= 15 is 0 Å². The molecule has 0 saturated carbocycles. The Kier molecular flexibility index (Phi) is 4.06. The van der Waals surface area contributed by atoms with Gasteiger partial charge in [0.05, 0.1) is 24.9 Å². The minimum atomic E-state index is -0.566. The van der Waals surface area contributed by atoms with E-state index in [0.29, 0.717) is 27.9 Å². The van der Waals surface area contributed by atoms with Crippen LogP contribution in [0.15, 0.2) is 30.5 Å². The Hall–Kier alpha value is -2.01. The van der Waals surface area contributed by atoms with Crippen LogP contribution in [0.5, 0.6) is 11.5 Å². The molecule has 1 N–H and O–H groups in total. The van der Waals surface area contributed by atoms with Crippen molar-refractivity contribution >= 4 is 23.0 Å². The summed E-state index contributed by atoms with van der Waals surface area (Å²) in [7, 11) is 3.05. The largest absolute Gasteiger partial charge is 0.495 e. The van der Waals surface area contributed by atoms with E-state index in [4.69, 9.17) is 21.1 Å². The zero-order chi connectivity index (χ0) is 13.8. The summed E-state index contributed by atoms with van der Waals surface area (Å²) in [6, 6.07) is 6.22. The predicted molar refractivity (Wildman–Crippen MR) is 72.0 cm³/mol. The van der Waals surface area contributed by atoms with Crippen LogP contribution in [-0.4, -0.2) is 19.2 Å². The Bertz CT molecular complexity index is 593. The molecule has 0 spiro atoms. The SMILES string of the molecule is COc1cc(OC)c(Nc2ccnc(F)c2)cc1Cl. The Labute approximate surface area is 115 Å². The number of nitrogens with zero attached hydrogens (tertiary/aromatic N) is 1. The van der Waals surface area contributed by atoms with Crippen LogP contribution >= 0.6 is 11.6 Å². The molecule has 2 rings (SSSR count). The molecule has 0 aliphatic heterocycles. The van der Waals surface area contributed by atoms with Gasteiger partial charge in [-0.15, -0.1) is 0 Å². The summed E-state index contributed by atoms with van der Waals surface area (Å²) in [4.78, 5) is 3.48. The first kappa shape index (κ1) is 13.4. The Morgan fingerprint density at radius 1 is 1.16 bits per heavy atom. The number of methoxy groups -OCH3 is 2. The van der Waals surface area contributed by atoms with Gasteiger partial charge in [-0.05, 0) is 12.1 Å². The number of hydrogen-bond acceptors (Lipinski definition) is 4. The van der Waals surface area contributed by atoms with Crippen LogP contribution in [0.3, 0.4) is 0 Å². The summed E-state index contributed by atoms with van der Waals surface area (Å²) in [5.74, 6) is 0.479. The second-order valence-electron chi connectivity index (χ2n) is 3.68. The third kappa shape index (κ3) is 3.06. The van der Waals surface area contributed by atoms with E-state index in [2.05, 4.69) is 10.3 Å². The standard InChI is InChI=1S/C13H12ClFN2O2/c1-18-11-7-12(19-2)10(6-9(11)14)17-8-3-4-16-13(15)5-8/h3-7H,1-2H3,(H,16,17). The van der Waals surface area contributed by atoms with Gasteiger partial charge in [0.1, 0.15) is 11.5 Å². The fourth-order valence-corrected chi connectivity index (χ4v) is 1.83. The van der Waals surface area contributed by atoms with Gasteiger partial charge in [0.15, 0.2) is 0 Å². The summed E-state index contributed by atoms with van der Waals surface area (Å²) in [5, 5.41) is 3.44. The molecule has 0 atom stereocenters. The highest BCUT2D eigenvalue weighted by Gasteiger charge is 2.10. The van der Waals surface area contributed by atoms with Gasteiger partial charge in [0.2, 0.25) is 5.95 Å². The molecule has 2 aromatic rings. The van der Waals surface area contributed by atoms with E-state index in [9.17, 15) is 4.39 Å². The monoisotopic (exact) mass is 282 g/mol. The van der Waals surface area contributed by atoms with E-state index in [1.807, 2.05) is 0 Å². The molecule has 4 nitrogen and oxygen atoms in total. The van der Waals surface area contributed by atoms with Crippen molar-refractivity contribution in [1.29, 1.82) is 0 Å². The normalized spacial score (nSPS) is 10.1. The molecule has 1 aromatic heterocycles. The van der Waals surface area contributed by atoms with Crippen LogP contribution in [0.4, 0.5) is 15.8 Å². The Morgan fingerprint density at radius 2 is 1.89 bits per heavy atom. The van der Waals surface area contributed by atoms with Gasteiger partial charge in [-0.3, -0.25) is 0 Å². The maximum Gasteiger partial charge on any atom is 0.214 e. The topological polar surface area (TPSA) is 43.4 Å². The average molecular weight is 283 g/mol. The van der Waals surface area contributed by atoms with Crippen LogP contribution in [0, 0.1) is 5.95 Å². The maximum atomic E-state index is 13.0. The molecule has 1 heterocycles. The lowest BCUT2D eigenvalue weighted by molar-refractivity contribution is 0.396. The van der Waals surface area contributed by atoms with Crippen LogP contribution in [0.1, 0.15) is 0 Å². The molecule has 19 heavy (non-hydrogen) atoms. The molecule has 0 aliphatic carbocycles. The van der Waals surface area contributed by atoms with Crippen LogP contribution in [-0.2, 0) is 0 Å². The van der Waals surface area contributed by atoms with Crippen LogP contribution < -0.4 is 14.8 Å². The van der Waals surface area contributed by atoms with Crippen molar-refractivity contribution in [2.45, 2.75) is 0 Å². The van der Waals surface area contributed by atoms with Crippen molar-refractivity contribution in [3.05, 3.63) is 41.4 Å². The Balaban J connectivity index is 2.36. The predicted octanol–water partition coefficient (Wildman–Crippen LogP) is 3.63. The number of nitrogens with one attached hydrogen (secondary N) is 1. The number of halogens is 2. The zero-order valence-corrected chi connectivity index (χ0v) is 11.2. The molecule has 0 radical (unpaired) electrons. The third-order valence-corrected chi connectivity index (χ3v) is 2.77. The highest BCUT2D eigenvalue weighted by Crippen LogP contribution is 2.37. The van der Waals surface area contributed by atoms with Gasteiger partial charge < -0.3 is 14.8 Å². The molecule has 0 aliphatic rings. The van der Waals surface area contributed by atoms with Gasteiger partial charge in [-0.1, -0.05) is 11.6 Å². The molecule has 0 amide bonds. The summed E-state index contributed by atoms with van der Waals surface area (Å²) in [6.45, 7) is 0. The van der Waals surface area contributed by atoms with Crippen molar-refractivity contribution in [3.63, 3.8) is 0 Å². The molecular formula is C13H12ClFN2O2. The minimum absolute atomic E-state index is 0.431. The Morgan fingerprint density at radius 3 is 2.53 bits per heavy atom. The lowest BCUT2D eigenvalue weighted by atomic mass is 10.2. The third-order valence-electron chi connectivity index (χ3n) is 2.48. The molecule has 100 valence electrons. The number of rotatable bonds is 4.